The van der Waals surface area contributed by atoms with Gasteiger partial charge >= 0.3 is 0 Å². The highest BCUT2D eigenvalue weighted by Crippen LogP contribution is 2.27. The summed E-state index contributed by atoms with van der Waals surface area (Å²) in [5, 5.41) is 10.7. The van der Waals surface area contributed by atoms with Crippen LogP contribution in [0.5, 0.6) is 0 Å². The number of aliphatic hydroxyl groups excluding tert-OH is 1. The maximum Gasteiger partial charge on any atom is 0.123 e. The first-order valence-electron chi connectivity index (χ1n) is 5.34. The predicted octanol–water partition coefficient (Wildman–Crippen LogP) is 3.52. The lowest BCUT2D eigenvalue weighted by atomic mass is 10.3. The molecular formula is C14H11FOS2. The van der Waals surface area contributed by atoms with Crippen LogP contribution >= 0.6 is 23.1 Å². The van der Waals surface area contributed by atoms with Crippen molar-refractivity contribution in [2.24, 2.45) is 0 Å². The Morgan fingerprint density at radius 1 is 1.22 bits per heavy atom. The molecule has 0 unspecified atom stereocenters. The summed E-state index contributed by atoms with van der Waals surface area (Å²) in [5.41, 5.74) is 0.962. The van der Waals surface area contributed by atoms with Gasteiger partial charge in [0.1, 0.15) is 12.4 Å². The minimum Gasteiger partial charge on any atom is -0.384 e. The predicted molar refractivity (Wildman–Crippen MR) is 74.2 cm³/mol. The minimum absolute atomic E-state index is 0.125. The van der Waals surface area contributed by atoms with Gasteiger partial charge in [-0.15, -0.1) is 23.1 Å². The van der Waals surface area contributed by atoms with E-state index in [4.69, 9.17) is 5.11 Å². The van der Waals surface area contributed by atoms with E-state index in [-0.39, 0.29) is 12.4 Å². The molecule has 0 radical (unpaired) electrons. The summed E-state index contributed by atoms with van der Waals surface area (Å²) in [6.07, 6.45) is 0. The molecule has 2 aromatic rings. The van der Waals surface area contributed by atoms with E-state index in [1.807, 2.05) is 11.4 Å². The largest absolute Gasteiger partial charge is 0.384 e. The number of benzene rings is 1. The first-order valence-corrected chi connectivity index (χ1v) is 7.20. The second-order valence-electron chi connectivity index (χ2n) is 3.46. The molecule has 1 nitrogen and oxygen atoms in total. The zero-order valence-electron chi connectivity index (χ0n) is 9.52. The summed E-state index contributed by atoms with van der Waals surface area (Å²) >= 11 is 3.29. The van der Waals surface area contributed by atoms with Crippen molar-refractivity contribution in [3.8, 4) is 11.8 Å². The van der Waals surface area contributed by atoms with Gasteiger partial charge in [-0.25, -0.2) is 4.39 Å². The second kappa shape index (κ2) is 6.60. The molecule has 0 spiro atoms. The average Bonchev–Trinajstić information content (AvgIpc) is 2.83. The van der Waals surface area contributed by atoms with Gasteiger partial charge in [-0.1, -0.05) is 11.8 Å². The number of aliphatic hydroxyl groups is 1. The first-order chi connectivity index (χ1) is 8.79. The number of thiophene rings is 1. The summed E-state index contributed by atoms with van der Waals surface area (Å²) in [7, 11) is 0. The quantitative estimate of drug-likeness (QED) is 0.684. The van der Waals surface area contributed by atoms with E-state index < -0.39 is 0 Å². The average molecular weight is 278 g/mol. The Bertz CT molecular complexity index is 563. The van der Waals surface area contributed by atoms with E-state index in [1.54, 1.807) is 35.2 Å². The Hall–Kier alpha value is -1.28. The van der Waals surface area contributed by atoms with E-state index in [1.165, 1.54) is 17.0 Å². The molecule has 1 N–H and O–H groups in total. The summed E-state index contributed by atoms with van der Waals surface area (Å²) in [6, 6.07) is 8.42. The molecule has 0 atom stereocenters. The maximum absolute atomic E-state index is 12.8. The van der Waals surface area contributed by atoms with Crippen molar-refractivity contribution >= 4 is 23.1 Å². The Morgan fingerprint density at radius 2 is 2.00 bits per heavy atom. The molecule has 0 amide bonds. The van der Waals surface area contributed by atoms with Gasteiger partial charge in [0.15, 0.2) is 0 Å². The van der Waals surface area contributed by atoms with E-state index in [0.29, 0.717) is 0 Å². The van der Waals surface area contributed by atoms with Gasteiger partial charge < -0.3 is 5.11 Å². The highest BCUT2D eigenvalue weighted by atomic mass is 32.2. The van der Waals surface area contributed by atoms with Crippen molar-refractivity contribution in [2.75, 3.05) is 6.61 Å². The maximum atomic E-state index is 12.8. The molecule has 0 saturated carbocycles. The zero-order chi connectivity index (χ0) is 12.8. The Balaban J connectivity index is 2.02. The van der Waals surface area contributed by atoms with Crippen molar-refractivity contribution in [1.82, 2.24) is 0 Å². The van der Waals surface area contributed by atoms with Gasteiger partial charge in [0.25, 0.3) is 0 Å². The zero-order valence-corrected chi connectivity index (χ0v) is 11.2. The number of thioether (sulfide) groups is 1. The van der Waals surface area contributed by atoms with Crippen LogP contribution in [0, 0.1) is 17.7 Å². The van der Waals surface area contributed by atoms with Crippen LogP contribution in [0.25, 0.3) is 0 Å². The molecule has 0 aliphatic carbocycles. The van der Waals surface area contributed by atoms with Gasteiger partial charge in [-0.3, -0.25) is 0 Å². The molecule has 1 aromatic heterocycles. The van der Waals surface area contributed by atoms with Gasteiger partial charge in [-0.05, 0) is 35.7 Å². The lowest BCUT2D eigenvalue weighted by molar-refractivity contribution is 0.350. The summed E-state index contributed by atoms with van der Waals surface area (Å²) in [5.74, 6) is 6.16. The number of hydrogen-bond donors (Lipinski definition) is 1. The summed E-state index contributed by atoms with van der Waals surface area (Å²) in [4.78, 5) is 2.20. The topological polar surface area (TPSA) is 20.2 Å². The molecule has 2 rings (SSSR count). The van der Waals surface area contributed by atoms with Crippen LogP contribution in [0.3, 0.4) is 0 Å². The van der Waals surface area contributed by atoms with E-state index >= 15 is 0 Å². The monoisotopic (exact) mass is 278 g/mol. The van der Waals surface area contributed by atoms with E-state index in [9.17, 15) is 4.39 Å². The van der Waals surface area contributed by atoms with Gasteiger partial charge in [-0.2, -0.15) is 0 Å². The van der Waals surface area contributed by atoms with Crippen molar-refractivity contribution in [2.45, 2.75) is 10.6 Å². The van der Waals surface area contributed by atoms with Crippen LogP contribution < -0.4 is 0 Å². The standard InChI is InChI=1S/C14H11FOS2/c15-12-3-5-13(6-4-12)18-10-14-11(2-1-8-16)7-9-17-14/h3-7,9,16H,8,10H2. The molecule has 0 aliphatic rings. The number of rotatable bonds is 3. The van der Waals surface area contributed by atoms with Crippen LogP contribution in [0.2, 0.25) is 0 Å². The molecule has 0 aliphatic heterocycles. The highest BCUT2D eigenvalue weighted by molar-refractivity contribution is 7.98. The lowest BCUT2D eigenvalue weighted by Gasteiger charge is -2.00. The molecule has 0 saturated heterocycles. The van der Waals surface area contributed by atoms with Crippen molar-refractivity contribution in [3.05, 3.63) is 52.0 Å². The molecule has 1 heterocycles. The number of hydrogen-bond acceptors (Lipinski definition) is 3. The fourth-order valence-corrected chi connectivity index (χ4v) is 3.22. The van der Waals surface area contributed by atoms with Crippen LogP contribution in [-0.2, 0) is 5.75 Å². The van der Waals surface area contributed by atoms with Crippen molar-refractivity contribution in [3.63, 3.8) is 0 Å². The van der Waals surface area contributed by atoms with Crippen LogP contribution in [0.1, 0.15) is 10.4 Å². The third-order valence-electron chi connectivity index (χ3n) is 2.23. The van der Waals surface area contributed by atoms with Gasteiger partial charge in [0.05, 0.1) is 0 Å². The fourth-order valence-electron chi connectivity index (χ4n) is 1.38. The molecular weight excluding hydrogens is 267 g/mol. The van der Waals surface area contributed by atoms with E-state index in [0.717, 1.165) is 16.2 Å². The smallest absolute Gasteiger partial charge is 0.123 e. The molecule has 0 bridgehead atoms. The summed E-state index contributed by atoms with van der Waals surface area (Å²) in [6.45, 7) is -0.125. The van der Waals surface area contributed by atoms with Gasteiger partial charge in [0, 0.05) is 21.1 Å². The third-order valence-corrected chi connectivity index (χ3v) is 4.37. The highest BCUT2D eigenvalue weighted by Gasteiger charge is 2.03. The van der Waals surface area contributed by atoms with Crippen molar-refractivity contribution < 1.29 is 9.50 Å². The molecule has 18 heavy (non-hydrogen) atoms. The first kappa shape index (κ1) is 13.2. The fraction of sp³-hybridized carbons (Fsp3) is 0.143. The summed E-state index contributed by atoms with van der Waals surface area (Å²) < 4.78 is 12.8. The third kappa shape index (κ3) is 3.61. The molecule has 92 valence electrons. The Kier molecular flexibility index (Phi) is 4.82. The van der Waals surface area contributed by atoms with Gasteiger partial charge in [0.2, 0.25) is 0 Å². The second-order valence-corrected chi connectivity index (χ2v) is 5.51. The number of halogens is 1. The van der Waals surface area contributed by atoms with Crippen molar-refractivity contribution in [1.29, 1.82) is 0 Å². The molecule has 1 aromatic carbocycles. The minimum atomic E-state index is -0.218. The van der Waals surface area contributed by atoms with E-state index in [2.05, 4.69) is 11.8 Å². The SMILES string of the molecule is OCC#Cc1ccsc1CSc1ccc(F)cc1. The Labute approximate surface area is 114 Å². The molecule has 4 heteroatoms. The van der Waals surface area contributed by atoms with Crippen LogP contribution in [0.4, 0.5) is 4.39 Å². The van der Waals surface area contributed by atoms with Crippen LogP contribution in [0.15, 0.2) is 40.6 Å². The lowest BCUT2D eigenvalue weighted by Crippen LogP contribution is -1.81. The Morgan fingerprint density at radius 3 is 2.72 bits per heavy atom. The van der Waals surface area contributed by atoms with Crippen LogP contribution in [-0.4, -0.2) is 11.7 Å². The molecule has 0 fully saturated rings. The normalized spacial score (nSPS) is 9.89.